The summed E-state index contributed by atoms with van der Waals surface area (Å²) in [5.74, 6) is -2.57. The van der Waals surface area contributed by atoms with Gasteiger partial charge in [0.05, 0.1) is 29.1 Å². The lowest BCUT2D eigenvalue weighted by atomic mass is 9.92. The van der Waals surface area contributed by atoms with Crippen molar-refractivity contribution < 1.29 is 50.5 Å². The van der Waals surface area contributed by atoms with Crippen LogP contribution in [0.3, 0.4) is 0 Å². The third-order valence-electron chi connectivity index (χ3n) is 8.03. The second-order valence-electron chi connectivity index (χ2n) is 11.1. The van der Waals surface area contributed by atoms with Crippen LogP contribution in [0.5, 0.6) is 5.75 Å². The summed E-state index contributed by atoms with van der Waals surface area (Å²) in [7, 11) is 0. The highest BCUT2D eigenvalue weighted by molar-refractivity contribution is 5.75. The molecule has 0 spiro atoms. The molecular weight excluding hydrogens is 604 g/mol. The van der Waals surface area contributed by atoms with Gasteiger partial charge in [0.25, 0.3) is 0 Å². The SMILES string of the molecule is CC(c1cc(C(F)(F)F)ccc1C(F)(F)F)N1CCC(C(=O)Oc2cccc([C@H](O)[C@H](C)C(=O)OCc3ccccc3)c2)CC1. The van der Waals surface area contributed by atoms with Gasteiger partial charge in [-0.2, -0.15) is 26.3 Å². The van der Waals surface area contributed by atoms with Crippen LogP contribution >= 0.6 is 0 Å². The summed E-state index contributed by atoms with van der Waals surface area (Å²) in [5.41, 5.74) is -1.66. The molecule has 1 N–H and O–H groups in total. The molecule has 3 aromatic carbocycles. The maximum Gasteiger partial charge on any atom is 0.416 e. The minimum Gasteiger partial charge on any atom is -0.461 e. The lowest BCUT2D eigenvalue weighted by molar-refractivity contribution is -0.153. The van der Waals surface area contributed by atoms with Crippen LogP contribution < -0.4 is 4.74 Å². The van der Waals surface area contributed by atoms with Crippen LogP contribution in [-0.2, 0) is 33.3 Å². The van der Waals surface area contributed by atoms with Crippen molar-refractivity contribution >= 4 is 11.9 Å². The Morgan fingerprint density at radius 2 is 1.56 bits per heavy atom. The fraction of sp³-hybridized carbons (Fsp3) is 0.394. The zero-order valence-electron chi connectivity index (χ0n) is 24.6. The van der Waals surface area contributed by atoms with E-state index in [1.807, 2.05) is 18.2 Å². The first kappa shape index (κ1) is 34.0. The maximum atomic E-state index is 13.6. The molecule has 3 atom stereocenters. The number of esters is 2. The van der Waals surface area contributed by atoms with Gasteiger partial charge in [-0.3, -0.25) is 14.5 Å². The largest absolute Gasteiger partial charge is 0.461 e. The van der Waals surface area contributed by atoms with Crippen molar-refractivity contribution in [3.8, 4) is 5.75 Å². The Kier molecular flexibility index (Phi) is 10.6. The molecule has 0 saturated carbocycles. The third kappa shape index (κ3) is 8.64. The minimum atomic E-state index is -4.84. The van der Waals surface area contributed by atoms with Gasteiger partial charge in [-0.05, 0) is 86.8 Å². The summed E-state index contributed by atoms with van der Waals surface area (Å²) in [6.45, 7) is 3.31. The summed E-state index contributed by atoms with van der Waals surface area (Å²) in [6, 6.07) is 15.6. The van der Waals surface area contributed by atoms with Crippen molar-refractivity contribution in [2.75, 3.05) is 13.1 Å². The van der Waals surface area contributed by atoms with E-state index >= 15 is 0 Å². The van der Waals surface area contributed by atoms with Crippen LogP contribution in [-0.4, -0.2) is 35.0 Å². The monoisotopic (exact) mass is 637 g/mol. The zero-order valence-corrected chi connectivity index (χ0v) is 24.6. The van der Waals surface area contributed by atoms with Gasteiger partial charge in [0.1, 0.15) is 12.4 Å². The number of carbonyl (C=O) groups excluding carboxylic acids is 2. The molecule has 1 fully saturated rings. The van der Waals surface area contributed by atoms with E-state index in [2.05, 4.69) is 0 Å². The number of benzene rings is 3. The number of aliphatic hydroxyl groups excluding tert-OH is 1. The summed E-state index contributed by atoms with van der Waals surface area (Å²) >= 11 is 0. The van der Waals surface area contributed by atoms with Gasteiger partial charge in [-0.15, -0.1) is 0 Å². The number of piperidine rings is 1. The van der Waals surface area contributed by atoms with Crippen LogP contribution in [0.15, 0.2) is 72.8 Å². The molecule has 1 aliphatic rings. The topological polar surface area (TPSA) is 76.1 Å². The fourth-order valence-electron chi connectivity index (χ4n) is 5.30. The molecule has 12 heteroatoms. The van der Waals surface area contributed by atoms with Gasteiger partial charge in [0, 0.05) is 6.04 Å². The Morgan fingerprint density at radius 1 is 0.889 bits per heavy atom. The molecule has 4 rings (SSSR count). The van der Waals surface area contributed by atoms with Gasteiger partial charge in [-0.25, -0.2) is 0 Å². The summed E-state index contributed by atoms with van der Waals surface area (Å²) in [6.07, 6.45) is -10.4. The van der Waals surface area contributed by atoms with E-state index in [4.69, 9.17) is 9.47 Å². The lowest BCUT2D eigenvalue weighted by Crippen LogP contribution is -2.39. The van der Waals surface area contributed by atoms with Crippen molar-refractivity contribution in [1.29, 1.82) is 0 Å². The second kappa shape index (κ2) is 14.0. The zero-order chi connectivity index (χ0) is 32.9. The number of hydrogen-bond acceptors (Lipinski definition) is 6. The molecule has 3 aromatic rings. The van der Waals surface area contributed by atoms with Crippen LogP contribution in [0.4, 0.5) is 26.3 Å². The Bertz CT molecular complexity index is 1470. The van der Waals surface area contributed by atoms with Crippen LogP contribution in [0.25, 0.3) is 0 Å². The average Bonchev–Trinajstić information content (AvgIpc) is 3.02. The Hall–Kier alpha value is -3.90. The Balaban J connectivity index is 1.35. The molecule has 0 amide bonds. The first-order chi connectivity index (χ1) is 21.1. The van der Waals surface area contributed by atoms with Crippen molar-refractivity contribution in [1.82, 2.24) is 4.90 Å². The van der Waals surface area contributed by atoms with Gasteiger partial charge in [0.15, 0.2) is 0 Å². The van der Waals surface area contributed by atoms with Gasteiger partial charge in [-0.1, -0.05) is 42.5 Å². The number of carbonyl (C=O) groups is 2. The number of nitrogens with zero attached hydrogens (tertiary/aromatic N) is 1. The first-order valence-electron chi connectivity index (χ1n) is 14.4. The predicted molar refractivity (Wildman–Crippen MR) is 152 cm³/mol. The quantitative estimate of drug-likeness (QED) is 0.149. The summed E-state index contributed by atoms with van der Waals surface area (Å²) in [5, 5.41) is 10.8. The number of alkyl halides is 6. The van der Waals surface area contributed by atoms with E-state index in [-0.39, 0.29) is 38.3 Å². The van der Waals surface area contributed by atoms with Crippen molar-refractivity contribution in [3.05, 3.63) is 101 Å². The molecule has 0 bridgehead atoms. The smallest absolute Gasteiger partial charge is 0.416 e. The number of ether oxygens (including phenoxy) is 2. The third-order valence-corrected chi connectivity index (χ3v) is 8.03. The Morgan fingerprint density at radius 3 is 2.18 bits per heavy atom. The maximum absolute atomic E-state index is 13.6. The molecule has 45 heavy (non-hydrogen) atoms. The predicted octanol–water partition coefficient (Wildman–Crippen LogP) is 7.52. The molecular formula is C33H33F6NO5. The van der Waals surface area contributed by atoms with E-state index in [0.29, 0.717) is 23.8 Å². The van der Waals surface area contributed by atoms with Crippen molar-refractivity contribution in [3.63, 3.8) is 0 Å². The second-order valence-corrected chi connectivity index (χ2v) is 11.1. The van der Waals surface area contributed by atoms with E-state index in [0.717, 1.165) is 5.56 Å². The van der Waals surface area contributed by atoms with Gasteiger partial charge >= 0.3 is 24.3 Å². The van der Waals surface area contributed by atoms with Gasteiger partial charge in [0.2, 0.25) is 0 Å². The average molecular weight is 638 g/mol. The molecule has 242 valence electrons. The number of hydrogen-bond donors (Lipinski definition) is 1. The number of halogens is 6. The highest BCUT2D eigenvalue weighted by Crippen LogP contribution is 2.41. The number of rotatable bonds is 9. The molecule has 1 aliphatic heterocycles. The summed E-state index contributed by atoms with van der Waals surface area (Å²) in [4.78, 5) is 27.1. The van der Waals surface area contributed by atoms with Crippen LogP contribution in [0.2, 0.25) is 0 Å². The first-order valence-corrected chi connectivity index (χ1v) is 14.4. The Labute approximate surface area is 256 Å². The van der Waals surface area contributed by atoms with Crippen LogP contribution in [0.1, 0.15) is 66.7 Å². The minimum absolute atomic E-state index is 0.0510. The molecule has 1 unspecified atom stereocenters. The van der Waals surface area contributed by atoms with E-state index < -0.39 is 65.0 Å². The fourth-order valence-corrected chi connectivity index (χ4v) is 5.30. The standard InChI is InChI=1S/C33H33F6NO5/c1-20(30(42)44-19-22-7-4-3-5-8-22)29(41)24-9-6-10-26(17-24)45-31(43)23-13-15-40(16-14-23)21(2)27-18-25(32(34,35)36)11-12-28(27)33(37,38)39/h3-12,17-18,20-21,23,29,41H,13-16,19H2,1-2H3/t20-,21?,29+/m0/s1. The molecule has 1 heterocycles. The van der Waals surface area contributed by atoms with Crippen molar-refractivity contribution in [2.45, 2.75) is 57.8 Å². The molecule has 6 nitrogen and oxygen atoms in total. The highest BCUT2D eigenvalue weighted by atomic mass is 19.4. The number of likely N-dealkylation sites (tertiary alicyclic amines) is 1. The molecule has 1 saturated heterocycles. The number of aliphatic hydroxyl groups is 1. The van der Waals surface area contributed by atoms with Gasteiger partial charge < -0.3 is 14.6 Å². The molecule has 0 aliphatic carbocycles. The summed E-state index contributed by atoms with van der Waals surface area (Å²) < 4.78 is 91.6. The normalized spacial score (nSPS) is 16.9. The van der Waals surface area contributed by atoms with Crippen LogP contribution in [0, 0.1) is 11.8 Å². The van der Waals surface area contributed by atoms with E-state index in [9.17, 15) is 41.0 Å². The molecule has 0 radical (unpaired) electrons. The van der Waals surface area contributed by atoms with Crippen molar-refractivity contribution in [2.24, 2.45) is 11.8 Å². The van der Waals surface area contributed by atoms with E-state index in [1.165, 1.54) is 26.0 Å². The molecule has 0 aromatic heterocycles. The highest BCUT2D eigenvalue weighted by Gasteiger charge is 2.39. The lowest BCUT2D eigenvalue weighted by Gasteiger charge is -2.36. The van der Waals surface area contributed by atoms with E-state index in [1.54, 1.807) is 29.2 Å².